The van der Waals surface area contributed by atoms with Crippen molar-refractivity contribution in [3.63, 3.8) is 0 Å². The molecule has 1 aromatic carbocycles. The van der Waals surface area contributed by atoms with E-state index >= 15 is 0 Å². The number of methoxy groups -OCH3 is 1. The lowest BCUT2D eigenvalue weighted by Crippen LogP contribution is -2.33. The van der Waals surface area contributed by atoms with Gasteiger partial charge in [0.2, 0.25) is 0 Å². The van der Waals surface area contributed by atoms with Crippen molar-refractivity contribution in [2.75, 3.05) is 19.0 Å². The van der Waals surface area contributed by atoms with Gasteiger partial charge in [-0.2, -0.15) is 0 Å². The van der Waals surface area contributed by atoms with E-state index in [1.165, 1.54) is 38.9 Å². The molecule has 0 aromatic heterocycles. The standard InChI is InChI=1S/C16H25FN2O/c1-12(10-13-6-4-3-5-9-18-13)19-14-7-8-15(17)16(11-14)20-2/h7-8,11-13,18-19H,3-6,9-10H2,1-2H3. The SMILES string of the molecule is COc1cc(NC(C)CC2CCCCCN2)ccc1F. The van der Waals surface area contributed by atoms with E-state index < -0.39 is 0 Å². The first kappa shape index (κ1) is 15.1. The van der Waals surface area contributed by atoms with E-state index in [-0.39, 0.29) is 11.6 Å². The van der Waals surface area contributed by atoms with Crippen molar-refractivity contribution in [3.8, 4) is 5.75 Å². The van der Waals surface area contributed by atoms with Gasteiger partial charge in [-0.05, 0) is 44.9 Å². The zero-order valence-corrected chi connectivity index (χ0v) is 12.4. The van der Waals surface area contributed by atoms with Gasteiger partial charge in [0.05, 0.1) is 7.11 Å². The number of anilines is 1. The lowest BCUT2D eigenvalue weighted by atomic mass is 10.0. The van der Waals surface area contributed by atoms with Crippen LogP contribution in [0.15, 0.2) is 18.2 Å². The molecular weight excluding hydrogens is 255 g/mol. The van der Waals surface area contributed by atoms with Crippen LogP contribution in [0.1, 0.15) is 39.0 Å². The van der Waals surface area contributed by atoms with E-state index in [9.17, 15) is 4.39 Å². The number of nitrogens with one attached hydrogen (secondary N) is 2. The van der Waals surface area contributed by atoms with Crippen LogP contribution in [0.4, 0.5) is 10.1 Å². The maximum absolute atomic E-state index is 13.4. The molecule has 1 aromatic rings. The molecule has 20 heavy (non-hydrogen) atoms. The second-order valence-electron chi connectivity index (χ2n) is 5.63. The molecule has 2 rings (SSSR count). The highest BCUT2D eigenvalue weighted by molar-refractivity contribution is 5.49. The molecule has 112 valence electrons. The van der Waals surface area contributed by atoms with Crippen LogP contribution >= 0.6 is 0 Å². The van der Waals surface area contributed by atoms with E-state index in [0.29, 0.717) is 12.1 Å². The van der Waals surface area contributed by atoms with E-state index in [1.54, 1.807) is 12.1 Å². The quantitative estimate of drug-likeness (QED) is 0.865. The summed E-state index contributed by atoms with van der Waals surface area (Å²) >= 11 is 0. The van der Waals surface area contributed by atoms with Crippen molar-refractivity contribution in [2.24, 2.45) is 0 Å². The first-order valence-electron chi connectivity index (χ1n) is 7.52. The van der Waals surface area contributed by atoms with Gasteiger partial charge in [-0.1, -0.05) is 12.8 Å². The molecule has 3 nitrogen and oxygen atoms in total. The predicted octanol–water partition coefficient (Wildman–Crippen LogP) is 3.56. The minimum atomic E-state index is -0.323. The molecule has 1 fully saturated rings. The highest BCUT2D eigenvalue weighted by Gasteiger charge is 2.15. The van der Waals surface area contributed by atoms with Gasteiger partial charge in [0.15, 0.2) is 11.6 Å². The van der Waals surface area contributed by atoms with Gasteiger partial charge in [-0.15, -0.1) is 0 Å². The molecule has 0 spiro atoms. The average molecular weight is 280 g/mol. The third-order valence-electron chi connectivity index (χ3n) is 3.86. The second-order valence-corrected chi connectivity index (χ2v) is 5.63. The molecule has 0 amide bonds. The topological polar surface area (TPSA) is 33.3 Å². The van der Waals surface area contributed by atoms with Gasteiger partial charge in [0, 0.05) is 23.8 Å². The Bertz CT molecular complexity index is 417. The Morgan fingerprint density at radius 3 is 3.05 bits per heavy atom. The third kappa shape index (κ3) is 4.37. The van der Waals surface area contributed by atoms with Crippen molar-refractivity contribution < 1.29 is 9.13 Å². The fourth-order valence-corrected chi connectivity index (χ4v) is 2.82. The molecule has 0 radical (unpaired) electrons. The number of hydrogen-bond donors (Lipinski definition) is 2. The zero-order valence-electron chi connectivity index (χ0n) is 12.4. The number of halogens is 1. The van der Waals surface area contributed by atoms with E-state index in [0.717, 1.165) is 18.7 Å². The summed E-state index contributed by atoms with van der Waals surface area (Å²) in [6.07, 6.45) is 6.27. The molecule has 1 saturated heterocycles. The summed E-state index contributed by atoms with van der Waals surface area (Å²) in [4.78, 5) is 0. The van der Waals surface area contributed by atoms with E-state index in [2.05, 4.69) is 17.6 Å². The van der Waals surface area contributed by atoms with Crippen LogP contribution in [0.2, 0.25) is 0 Å². The fraction of sp³-hybridized carbons (Fsp3) is 0.625. The number of rotatable bonds is 5. The number of ether oxygens (including phenoxy) is 1. The van der Waals surface area contributed by atoms with Crippen molar-refractivity contribution in [3.05, 3.63) is 24.0 Å². The first-order chi connectivity index (χ1) is 9.69. The van der Waals surface area contributed by atoms with Crippen LogP contribution in [0.3, 0.4) is 0 Å². The van der Waals surface area contributed by atoms with Gasteiger partial charge in [-0.25, -0.2) is 4.39 Å². The van der Waals surface area contributed by atoms with Crippen LogP contribution in [-0.4, -0.2) is 25.7 Å². The van der Waals surface area contributed by atoms with Gasteiger partial charge < -0.3 is 15.4 Å². The van der Waals surface area contributed by atoms with Gasteiger partial charge >= 0.3 is 0 Å². The van der Waals surface area contributed by atoms with E-state index in [1.807, 2.05) is 0 Å². The number of hydrogen-bond acceptors (Lipinski definition) is 3. The number of benzene rings is 1. The largest absolute Gasteiger partial charge is 0.494 e. The third-order valence-corrected chi connectivity index (χ3v) is 3.86. The molecule has 0 saturated carbocycles. The van der Waals surface area contributed by atoms with Crippen molar-refractivity contribution >= 4 is 5.69 Å². The lowest BCUT2D eigenvalue weighted by molar-refractivity contribution is 0.386. The van der Waals surface area contributed by atoms with Crippen molar-refractivity contribution in [1.82, 2.24) is 5.32 Å². The maximum Gasteiger partial charge on any atom is 0.165 e. The van der Waals surface area contributed by atoms with Crippen LogP contribution in [-0.2, 0) is 0 Å². The van der Waals surface area contributed by atoms with Gasteiger partial charge in [0.1, 0.15) is 0 Å². The summed E-state index contributed by atoms with van der Waals surface area (Å²) in [5.74, 6) is -0.0362. The van der Waals surface area contributed by atoms with Crippen LogP contribution < -0.4 is 15.4 Å². The molecular formula is C16H25FN2O. The summed E-state index contributed by atoms with van der Waals surface area (Å²) in [7, 11) is 1.49. The highest BCUT2D eigenvalue weighted by Crippen LogP contribution is 2.23. The molecule has 0 bridgehead atoms. The predicted molar refractivity (Wildman–Crippen MR) is 80.9 cm³/mol. The summed E-state index contributed by atoms with van der Waals surface area (Å²) in [6, 6.07) is 5.85. The van der Waals surface area contributed by atoms with Crippen LogP contribution in [0, 0.1) is 5.82 Å². The second kappa shape index (κ2) is 7.48. The molecule has 1 heterocycles. The molecule has 1 aliphatic heterocycles. The zero-order chi connectivity index (χ0) is 14.4. The van der Waals surface area contributed by atoms with Crippen LogP contribution in [0.5, 0.6) is 5.75 Å². The molecule has 0 aliphatic carbocycles. The average Bonchev–Trinajstić information content (AvgIpc) is 2.69. The first-order valence-corrected chi connectivity index (χ1v) is 7.52. The van der Waals surface area contributed by atoms with Crippen LogP contribution in [0.25, 0.3) is 0 Å². The van der Waals surface area contributed by atoms with Gasteiger partial charge in [0.25, 0.3) is 0 Å². The summed E-state index contributed by atoms with van der Waals surface area (Å²) in [5.41, 5.74) is 0.907. The Hall–Kier alpha value is -1.29. The molecule has 2 N–H and O–H groups in total. The Kier molecular flexibility index (Phi) is 5.65. The Balaban J connectivity index is 1.88. The van der Waals surface area contributed by atoms with Crippen molar-refractivity contribution in [2.45, 2.75) is 51.1 Å². The molecule has 2 atom stereocenters. The van der Waals surface area contributed by atoms with Crippen molar-refractivity contribution in [1.29, 1.82) is 0 Å². The monoisotopic (exact) mass is 280 g/mol. The minimum absolute atomic E-state index is 0.287. The Morgan fingerprint density at radius 2 is 2.25 bits per heavy atom. The fourth-order valence-electron chi connectivity index (χ4n) is 2.82. The normalized spacial score (nSPS) is 21.1. The molecule has 4 heteroatoms. The van der Waals surface area contributed by atoms with Gasteiger partial charge in [-0.3, -0.25) is 0 Å². The Labute approximate surface area is 120 Å². The maximum atomic E-state index is 13.4. The summed E-state index contributed by atoms with van der Waals surface area (Å²) in [6.45, 7) is 3.30. The van der Waals surface area contributed by atoms with E-state index in [4.69, 9.17) is 4.74 Å². The smallest absolute Gasteiger partial charge is 0.165 e. The lowest BCUT2D eigenvalue weighted by Gasteiger charge is -2.22. The molecule has 1 aliphatic rings. The molecule has 2 unspecified atom stereocenters. The minimum Gasteiger partial charge on any atom is -0.494 e. The summed E-state index contributed by atoms with van der Waals surface area (Å²) < 4.78 is 18.4. The highest BCUT2D eigenvalue weighted by atomic mass is 19.1. The summed E-state index contributed by atoms with van der Waals surface area (Å²) in [5, 5.41) is 7.03. The Morgan fingerprint density at radius 1 is 1.40 bits per heavy atom.